The minimum absolute atomic E-state index is 0.105. The summed E-state index contributed by atoms with van der Waals surface area (Å²) >= 11 is 5.46. The molecule has 2 aromatic heterocycles. The minimum atomic E-state index is -0.105. The van der Waals surface area contributed by atoms with Gasteiger partial charge in [0.05, 0.1) is 11.6 Å². The van der Waals surface area contributed by atoms with Gasteiger partial charge in [0.1, 0.15) is 6.54 Å². The van der Waals surface area contributed by atoms with Crippen LogP contribution in [0.3, 0.4) is 0 Å². The summed E-state index contributed by atoms with van der Waals surface area (Å²) in [5.74, 6) is 1.91. The van der Waals surface area contributed by atoms with Gasteiger partial charge in [0.25, 0.3) is 5.56 Å². The van der Waals surface area contributed by atoms with Crippen LogP contribution in [-0.4, -0.2) is 24.5 Å². The van der Waals surface area contributed by atoms with Gasteiger partial charge in [-0.1, -0.05) is 30.4 Å². The molecular weight excluding hydrogens is 334 g/mol. The predicted octanol–water partition coefficient (Wildman–Crippen LogP) is 2.84. The standard InChI is InChI=1S/C18H17N5OS/c24-17-14-4-2-1-3-13(14)9-19-22(17)10-16-20-21-18(25)23(16)15-8-11-5-6-12(15)7-11/h1-6,9,11-12,15H,7-8,10H2,(H,21,25)/t11-,12+,15+/m1/s1. The van der Waals surface area contributed by atoms with Crippen molar-refractivity contribution >= 4 is 23.0 Å². The molecule has 2 heterocycles. The molecule has 7 heteroatoms. The van der Waals surface area contributed by atoms with Crippen LogP contribution in [0.15, 0.2) is 47.4 Å². The van der Waals surface area contributed by atoms with Crippen molar-refractivity contribution in [1.29, 1.82) is 0 Å². The van der Waals surface area contributed by atoms with Gasteiger partial charge in [0.2, 0.25) is 0 Å². The van der Waals surface area contributed by atoms with E-state index in [4.69, 9.17) is 12.2 Å². The lowest BCUT2D eigenvalue weighted by molar-refractivity contribution is 0.407. The Morgan fingerprint density at radius 2 is 2.12 bits per heavy atom. The molecular formula is C18H17N5OS. The molecule has 2 aliphatic carbocycles. The van der Waals surface area contributed by atoms with Gasteiger partial charge in [-0.2, -0.15) is 10.2 Å². The fraction of sp³-hybridized carbons (Fsp3) is 0.333. The fourth-order valence-electron chi connectivity index (χ4n) is 4.21. The number of hydrogen-bond donors (Lipinski definition) is 1. The second-order valence-electron chi connectivity index (χ2n) is 6.86. The molecule has 1 saturated carbocycles. The van der Waals surface area contributed by atoms with E-state index in [0.29, 0.717) is 34.6 Å². The van der Waals surface area contributed by atoms with Crippen molar-refractivity contribution < 1.29 is 0 Å². The van der Waals surface area contributed by atoms with Crippen molar-refractivity contribution in [2.45, 2.75) is 25.4 Å². The fourth-order valence-corrected chi connectivity index (χ4v) is 4.50. The van der Waals surface area contributed by atoms with Crippen molar-refractivity contribution in [3.05, 3.63) is 63.6 Å². The average molecular weight is 351 g/mol. The summed E-state index contributed by atoms with van der Waals surface area (Å²) in [5.41, 5.74) is -0.105. The van der Waals surface area contributed by atoms with E-state index in [1.807, 2.05) is 24.3 Å². The van der Waals surface area contributed by atoms with E-state index in [2.05, 4.69) is 32.0 Å². The molecule has 0 aliphatic heterocycles. The molecule has 1 N–H and O–H groups in total. The van der Waals surface area contributed by atoms with Crippen LogP contribution in [0.2, 0.25) is 0 Å². The minimum Gasteiger partial charge on any atom is -0.299 e. The smallest absolute Gasteiger partial charge is 0.275 e. The topological polar surface area (TPSA) is 68.5 Å². The lowest BCUT2D eigenvalue weighted by atomic mass is 10.0. The summed E-state index contributed by atoms with van der Waals surface area (Å²) in [6.07, 6.45) is 8.59. The molecule has 1 aromatic carbocycles. The molecule has 2 aliphatic rings. The summed E-state index contributed by atoms with van der Waals surface area (Å²) in [5, 5.41) is 13.1. The summed E-state index contributed by atoms with van der Waals surface area (Å²) in [6, 6.07) is 7.82. The van der Waals surface area contributed by atoms with Crippen LogP contribution >= 0.6 is 12.2 Å². The van der Waals surface area contributed by atoms with Gasteiger partial charge >= 0.3 is 0 Å². The van der Waals surface area contributed by atoms with Crippen molar-refractivity contribution in [2.24, 2.45) is 11.8 Å². The van der Waals surface area contributed by atoms with Crippen molar-refractivity contribution in [1.82, 2.24) is 24.5 Å². The van der Waals surface area contributed by atoms with E-state index in [1.165, 1.54) is 11.1 Å². The quantitative estimate of drug-likeness (QED) is 0.582. The summed E-state index contributed by atoms with van der Waals surface area (Å²) in [7, 11) is 0. The molecule has 3 atom stereocenters. The molecule has 0 amide bonds. The maximum absolute atomic E-state index is 12.7. The van der Waals surface area contributed by atoms with E-state index in [1.54, 1.807) is 6.20 Å². The summed E-state index contributed by atoms with van der Waals surface area (Å²) < 4.78 is 4.18. The number of benzene rings is 1. The van der Waals surface area contributed by atoms with Crippen LogP contribution in [0.5, 0.6) is 0 Å². The molecule has 126 valence electrons. The number of rotatable bonds is 3. The third-order valence-corrected chi connectivity index (χ3v) is 5.69. The highest BCUT2D eigenvalue weighted by Crippen LogP contribution is 2.46. The van der Waals surface area contributed by atoms with E-state index >= 15 is 0 Å². The SMILES string of the molecule is O=c1c2ccccc2cnn1Cc1n[nH]c(=S)n1[C@H]1C[C@@H]2C=C[C@H]1C2. The molecule has 0 spiro atoms. The average Bonchev–Trinajstić information content (AvgIpc) is 3.33. The summed E-state index contributed by atoms with van der Waals surface area (Å²) in [4.78, 5) is 12.7. The number of aromatic amines is 1. The Morgan fingerprint density at radius 1 is 1.24 bits per heavy atom. The Labute approximate surface area is 148 Å². The Morgan fingerprint density at radius 3 is 2.92 bits per heavy atom. The van der Waals surface area contributed by atoms with Gasteiger partial charge in [-0.3, -0.25) is 14.5 Å². The highest BCUT2D eigenvalue weighted by Gasteiger charge is 2.38. The Kier molecular flexibility index (Phi) is 3.24. The van der Waals surface area contributed by atoms with Crippen LogP contribution in [0, 0.1) is 16.6 Å². The molecule has 3 aromatic rings. The largest absolute Gasteiger partial charge is 0.299 e. The van der Waals surface area contributed by atoms with E-state index < -0.39 is 0 Å². The number of nitrogens with zero attached hydrogens (tertiary/aromatic N) is 4. The zero-order chi connectivity index (χ0) is 17.0. The summed E-state index contributed by atoms with van der Waals surface area (Å²) in [6.45, 7) is 0.314. The van der Waals surface area contributed by atoms with Crippen molar-refractivity contribution in [3.8, 4) is 0 Å². The third-order valence-electron chi connectivity index (χ3n) is 5.41. The number of allylic oxidation sites excluding steroid dienone is 2. The first-order valence-electron chi connectivity index (χ1n) is 8.49. The van der Waals surface area contributed by atoms with Gasteiger partial charge in [-0.05, 0) is 43.0 Å². The van der Waals surface area contributed by atoms with Gasteiger partial charge in [0.15, 0.2) is 10.6 Å². The third kappa shape index (κ3) is 2.30. The number of hydrogen-bond acceptors (Lipinski definition) is 4. The first-order valence-corrected chi connectivity index (χ1v) is 8.90. The monoisotopic (exact) mass is 351 g/mol. The molecule has 0 saturated heterocycles. The Bertz CT molecular complexity index is 1110. The molecule has 25 heavy (non-hydrogen) atoms. The van der Waals surface area contributed by atoms with Gasteiger partial charge in [-0.25, -0.2) is 4.68 Å². The van der Waals surface area contributed by atoms with E-state index in [9.17, 15) is 4.79 Å². The molecule has 6 nitrogen and oxygen atoms in total. The first kappa shape index (κ1) is 14.8. The maximum atomic E-state index is 12.7. The zero-order valence-electron chi connectivity index (χ0n) is 13.5. The lowest BCUT2D eigenvalue weighted by Crippen LogP contribution is -2.26. The second-order valence-corrected chi connectivity index (χ2v) is 7.24. The van der Waals surface area contributed by atoms with Crippen LogP contribution in [0.4, 0.5) is 0 Å². The van der Waals surface area contributed by atoms with Gasteiger partial charge in [-0.15, -0.1) is 0 Å². The number of nitrogens with one attached hydrogen (secondary N) is 1. The predicted molar refractivity (Wildman–Crippen MR) is 96.9 cm³/mol. The Hall–Kier alpha value is -2.54. The van der Waals surface area contributed by atoms with Crippen LogP contribution in [-0.2, 0) is 6.54 Å². The lowest BCUT2D eigenvalue weighted by Gasteiger charge is -2.21. The molecule has 0 unspecified atom stereocenters. The second kappa shape index (κ2) is 5.49. The molecule has 1 fully saturated rings. The Balaban J connectivity index is 1.56. The molecule has 0 radical (unpaired) electrons. The van der Waals surface area contributed by atoms with Crippen molar-refractivity contribution in [3.63, 3.8) is 0 Å². The van der Waals surface area contributed by atoms with Crippen LogP contribution < -0.4 is 5.56 Å². The van der Waals surface area contributed by atoms with Crippen LogP contribution in [0.25, 0.3) is 10.8 Å². The number of fused-ring (bicyclic) bond motifs is 3. The van der Waals surface area contributed by atoms with Crippen molar-refractivity contribution in [2.75, 3.05) is 0 Å². The number of H-pyrrole nitrogens is 1. The van der Waals surface area contributed by atoms with Gasteiger partial charge in [0, 0.05) is 11.4 Å². The van der Waals surface area contributed by atoms with E-state index in [-0.39, 0.29) is 5.56 Å². The van der Waals surface area contributed by atoms with E-state index in [0.717, 1.165) is 17.6 Å². The number of aromatic nitrogens is 5. The van der Waals surface area contributed by atoms with Gasteiger partial charge < -0.3 is 0 Å². The zero-order valence-corrected chi connectivity index (χ0v) is 14.3. The molecule has 5 rings (SSSR count). The first-order chi connectivity index (χ1) is 12.2. The highest BCUT2D eigenvalue weighted by molar-refractivity contribution is 7.71. The highest BCUT2D eigenvalue weighted by atomic mass is 32.1. The molecule has 2 bridgehead atoms. The van der Waals surface area contributed by atoms with Crippen LogP contribution in [0.1, 0.15) is 24.7 Å². The maximum Gasteiger partial charge on any atom is 0.275 e. The normalized spacial score (nSPS) is 24.4.